The number of anilines is 3. The Morgan fingerprint density at radius 1 is 1.09 bits per heavy atom. The van der Waals surface area contributed by atoms with Crippen molar-refractivity contribution in [3.63, 3.8) is 0 Å². The van der Waals surface area contributed by atoms with Gasteiger partial charge in [0.15, 0.2) is 0 Å². The number of benzene rings is 1. The first-order valence-corrected chi connectivity index (χ1v) is 16.7. The molecule has 0 radical (unpaired) electrons. The number of nitrogens with one attached hydrogen (secondary N) is 1. The maximum atomic E-state index is 15.4. The van der Waals surface area contributed by atoms with Crippen molar-refractivity contribution in [2.75, 3.05) is 35.6 Å². The minimum Gasteiger partial charge on any atom is -0.392 e. The van der Waals surface area contributed by atoms with Gasteiger partial charge in [0, 0.05) is 56.1 Å². The van der Waals surface area contributed by atoms with Crippen molar-refractivity contribution in [2.45, 2.75) is 58.6 Å². The van der Waals surface area contributed by atoms with Crippen molar-refractivity contribution < 1.29 is 14.3 Å². The lowest BCUT2D eigenvalue weighted by Gasteiger charge is -2.32. The number of aliphatic hydroxyl groups excluding tert-OH is 1. The van der Waals surface area contributed by atoms with Crippen LogP contribution in [0.15, 0.2) is 64.0 Å². The van der Waals surface area contributed by atoms with Crippen LogP contribution in [0.4, 0.5) is 21.6 Å². The monoisotopic (exact) mass is 629 g/mol. The normalized spacial score (nSPS) is 17.8. The maximum absolute atomic E-state index is 15.4. The standard InChI is InChI=1S/C35H40FN5O3S/c1-4-40-13-12-29-23(20-40)9-10-32(37-29)38-30-16-24(19-39(3)34(30)43)27-17-25(36)18-31(28(27)21-42)41-14-11-26-22(2)8-6-5-7-15-45-33(26)35(41)44/h9-10,16-19,42H,2,4-8,11-15,20-21H2,1,3H3,(H,37,38). The zero-order chi connectivity index (χ0) is 31.7. The van der Waals surface area contributed by atoms with Crippen molar-refractivity contribution in [3.8, 4) is 11.1 Å². The topological polar surface area (TPSA) is 90.7 Å². The van der Waals surface area contributed by atoms with Crippen molar-refractivity contribution in [2.24, 2.45) is 7.05 Å². The van der Waals surface area contributed by atoms with Crippen LogP contribution in [0.3, 0.4) is 0 Å². The number of aromatic nitrogens is 2. The van der Waals surface area contributed by atoms with Gasteiger partial charge in [-0.05, 0) is 78.9 Å². The van der Waals surface area contributed by atoms with E-state index in [4.69, 9.17) is 4.98 Å². The number of carbonyl (C=O) groups is 1. The number of hydrogen-bond donors (Lipinski definition) is 2. The Kier molecular flexibility index (Phi) is 9.26. The summed E-state index contributed by atoms with van der Waals surface area (Å²) in [5, 5.41) is 13.8. The Bertz CT molecular complexity index is 1750. The smallest absolute Gasteiger partial charge is 0.274 e. The highest BCUT2D eigenvalue weighted by Gasteiger charge is 2.32. The summed E-state index contributed by atoms with van der Waals surface area (Å²) in [5.41, 5.74) is 5.97. The van der Waals surface area contributed by atoms with E-state index in [9.17, 15) is 14.7 Å². The van der Waals surface area contributed by atoms with E-state index in [-0.39, 0.29) is 17.2 Å². The van der Waals surface area contributed by atoms with Gasteiger partial charge in [0.05, 0.1) is 17.2 Å². The molecule has 5 heterocycles. The molecule has 3 aliphatic heterocycles. The van der Waals surface area contributed by atoms with Crippen molar-refractivity contribution in [1.29, 1.82) is 0 Å². The van der Waals surface area contributed by atoms with Gasteiger partial charge in [0.1, 0.15) is 17.3 Å². The number of aliphatic hydroxyl groups is 1. The van der Waals surface area contributed by atoms with E-state index in [0.29, 0.717) is 46.1 Å². The number of carbonyl (C=O) groups excluding carboxylic acids is 1. The predicted octanol–water partition coefficient (Wildman–Crippen LogP) is 6.05. The molecule has 45 heavy (non-hydrogen) atoms. The third-order valence-corrected chi connectivity index (χ3v) is 10.3. The predicted molar refractivity (Wildman–Crippen MR) is 179 cm³/mol. The van der Waals surface area contributed by atoms with Crippen LogP contribution in [-0.2, 0) is 31.4 Å². The lowest BCUT2D eigenvalue weighted by molar-refractivity contribution is -0.114. The fraction of sp³-hybridized carbons (Fsp3) is 0.400. The van der Waals surface area contributed by atoms with E-state index >= 15 is 4.39 Å². The molecule has 236 valence electrons. The SMILES string of the molecule is C=C1CCCCCSC2=C1CCN(c1cc(F)cc(-c3cc(Nc4ccc5c(n4)CCN(CC)C5)c(=O)n(C)c3)c1CO)C2=O. The summed E-state index contributed by atoms with van der Waals surface area (Å²) < 4.78 is 16.8. The lowest BCUT2D eigenvalue weighted by Crippen LogP contribution is -2.38. The van der Waals surface area contributed by atoms with Gasteiger partial charge in [-0.1, -0.05) is 31.6 Å². The van der Waals surface area contributed by atoms with E-state index in [1.54, 1.807) is 36.0 Å². The number of allylic oxidation sites excluding steroid dienone is 1. The second-order valence-electron chi connectivity index (χ2n) is 12.0. The van der Waals surface area contributed by atoms with Crippen molar-refractivity contribution in [3.05, 3.63) is 92.2 Å². The average molecular weight is 630 g/mol. The fourth-order valence-corrected chi connectivity index (χ4v) is 7.74. The summed E-state index contributed by atoms with van der Waals surface area (Å²) in [7, 11) is 1.64. The van der Waals surface area contributed by atoms with Crippen molar-refractivity contribution >= 4 is 34.9 Å². The van der Waals surface area contributed by atoms with E-state index in [2.05, 4.69) is 23.7 Å². The van der Waals surface area contributed by atoms with Gasteiger partial charge in [-0.15, -0.1) is 11.8 Å². The van der Waals surface area contributed by atoms with Gasteiger partial charge in [-0.25, -0.2) is 9.37 Å². The Morgan fingerprint density at radius 2 is 1.93 bits per heavy atom. The lowest BCUT2D eigenvalue weighted by atomic mass is 9.94. The second-order valence-corrected chi connectivity index (χ2v) is 13.1. The van der Waals surface area contributed by atoms with Crippen LogP contribution < -0.4 is 15.8 Å². The van der Waals surface area contributed by atoms with Crippen LogP contribution in [0.1, 0.15) is 55.8 Å². The summed E-state index contributed by atoms with van der Waals surface area (Å²) in [5.74, 6) is 0.695. The summed E-state index contributed by atoms with van der Waals surface area (Å²) in [6, 6.07) is 8.26. The molecule has 0 aliphatic carbocycles. The minimum absolute atomic E-state index is 0.182. The van der Waals surface area contributed by atoms with Gasteiger partial charge >= 0.3 is 0 Å². The first-order valence-electron chi connectivity index (χ1n) is 15.8. The molecule has 0 unspecified atom stereocenters. The molecule has 3 aliphatic rings. The minimum atomic E-state index is -0.530. The molecule has 6 rings (SSSR count). The number of amides is 1. The Balaban J connectivity index is 1.36. The molecule has 0 bridgehead atoms. The van der Waals surface area contributed by atoms with Crippen molar-refractivity contribution in [1.82, 2.24) is 14.5 Å². The van der Waals surface area contributed by atoms with Crippen LogP contribution in [0.25, 0.3) is 11.1 Å². The molecule has 2 aromatic heterocycles. The molecule has 0 atom stereocenters. The quantitative estimate of drug-likeness (QED) is 0.343. The van der Waals surface area contributed by atoms with E-state index in [1.807, 2.05) is 12.1 Å². The molecular formula is C35H40FN5O3S. The Labute approximate surface area is 267 Å². The zero-order valence-corrected chi connectivity index (χ0v) is 26.8. The molecule has 2 N–H and O–H groups in total. The summed E-state index contributed by atoms with van der Waals surface area (Å²) in [6.45, 7) is 9.16. The summed E-state index contributed by atoms with van der Waals surface area (Å²) in [6.07, 6.45) is 7.15. The highest BCUT2D eigenvalue weighted by atomic mass is 32.2. The summed E-state index contributed by atoms with van der Waals surface area (Å²) >= 11 is 1.56. The van der Waals surface area contributed by atoms with Gasteiger partial charge < -0.3 is 19.9 Å². The van der Waals surface area contributed by atoms with Gasteiger partial charge in [0.2, 0.25) is 0 Å². The highest BCUT2D eigenvalue weighted by Crippen LogP contribution is 2.40. The number of rotatable bonds is 6. The molecule has 0 fully saturated rings. The van der Waals surface area contributed by atoms with Gasteiger partial charge in [-0.3, -0.25) is 14.5 Å². The van der Waals surface area contributed by atoms with E-state index < -0.39 is 12.4 Å². The number of pyridine rings is 2. The Hall–Kier alpha value is -3.73. The molecule has 10 heteroatoms. The maximum Gasteiger partial charge on any atom is 0.274 e. The zero-order valence-electron chi connectivity index (χ0n) is 26.0. The van der Waals surface area contributed by atoms with Crippen LogP contribution >= 0.6 is 11.8 Å². The molecule has 0 saturated carbocycles. The number of fused-ring (bicyclic) bond motifs is 1. The summed E-state index contributed by atoms with van der Waals surface area (Å²) in [4.78, 5) is 36.6. The number of likely N-dealkylation sites (N-methyl/N-ethyl adjacent to an activating group) is 1. The number of halogens is 1. The molecule has 3 aromatic rings. The molecule has 8 nitrogen and oxygen atoms in total. The largest absolute Gasteiger partial charge is 0.392 e. The average Bonchev–Trinajstić information content (AvgIpc) is 3.13. The van der Waals surface area contributed by atoms with Crippen LogP contribution in [0.5, 0.6) is 0 Å². The first kappa shape index (κ1) is 31.3. The van der Waals surface area contributed by atoms with Crippen LogP contribution in [0, 0.1) is 5.82 Å². The van der Waals surface area contributed by atoms with E-state index in [0.717, 1.165) is 74.3 Å². The van der Waals surface area contributed by atoms with Gasteiger partial charge in [0.25, 0.3) is 11.5 Å². The number of nitrogens with zero attached hydrogens (tertiary/aromatic N) is 4. The highest BCUT2D eigenvalue weighted by molar-refractivity contribution is 8.04. The third kappa shape index (κ3) is 6.36. The van der Waals surface area contributed by atoms with Crippen LogP contribution in [-0.4, -0.2) is 50.9 Å². The number of aryl methyl sites for hydroxylation is 1. The molecule has 1 amide bonds. The molecule has 0 spiro atoms. The number of hydrogen-bond acceptors (Lipinski definition) is 7. The first-order chi connectivity index (χ1) is 21.8. The molecular weight excluding hydrogens is 589 g/mol. The molecule has 0 saturated heterocycles. The fourth-order valence-electron chi connectivity index (χ4n) is 6.54. The molecule has 1 aromatic carbocycles. The second kappa shape index (κ2) is 13.3. The Morgan fingerprint density at radius 3 is 2.73 bits per heavy atom. The number of thioether (sulfide) groups is 1. The van der Waals surface area contributed by atoms with Crippen LogP contribution in [0.2, 0.25) is 0 Å². The van der Waals surface area contributed by atoms with E-state index in [1.165, 1.54) is 22.3 Å². The van der Waals surface area contributed by atoms with Gasteiger partial charge in [-0.2, -0.15) is 0 Å². The third-order valence-electron chi connectivity index (χ3n) is 9.07.